The topological polar surface area (TPSA) is 29.1 Å². The van der Waals surface area contributed by atoms with Crippen LogP contribution in [0.2, 0.25) is 5.02 Å². The molecule has 0 heterocycles. The van der Waals surface area contributed by atoms with Crippen molar-refractivity contribution >= 4 is 23.2 Å². The van der Waals surface area contributed by atoms with Crippen LogP contribution in [0.4, 0.5) is 5.69 Å². The number of amides is 1. The molecule has 0 saturated carbocycles. The molecule has 0 atom stereocenters. The van der Waals surface area contributed by atoms with Gasteiger partial charge >= 0.3 is 0 Å². The molecule has 1 amide bonds. The fourth-order valence-electron chi connectivity index (χ4n) is 0.752. The predicted molar refractivity (Wildman–Crippen MR) is 45.8 cm³/mol. The minimum atomic E-state index is -0.113. The number of nitrogens with one attached hydrogen (secondary N) is 1. The van der Waals surface area contributed by atoms with Gasteiger partial charge < -0.3 is 5.32 Å². The largest absolute Gasteiger partial charge is 0.325 e. The highest BCUT2D eigenvalue weighted by atomic mass is 35.5. The third-order valence-electron chi connectivity index (χ3n) is 1.18. The maximum absolute atomic E-state index is 10.6. The van der Waals surface area contributed by atoms with E-state index in [1.165, 1.54) is 6.92 Å². The van der Waals surface area contributed by atoms with E-state index in [9.17, 15) is 4.79 Å². The fraction of sp³-hybridized carbons (Fsp3) is 0.125. The molecule has 3 heteroatoms. The predicted octanol–water partition coefficient (Wildman–Crippen LogP) is 2.30. The van der Waals surface area contributed by atoms with Crippen molar-refractivity contribution in [1.29, 1.82) is 0 Å². The van der Waals surface area contributed by atoms with Gasteiger partial charge in [-0.15, -0.1) is 0 Å². The van der Waals surface area contributed by atoms with Crippen molar-refractivity contribution in [2.75, 3.05) is 5.32 Å². The Morgan fingerprint density at radius 1 is 1.45 bits per heavy atom. The van der Waals surface area contributed by atoms with E-state index < -0.39 is 0 Å². The van der Waals surface area contributed by atoms with Crippen LogP contribution in [0.1, 0.15) is 6.92 Å². The Labute approximate surface area is 70.2 Å². The molecule has 2 nitrogen and oxygen atoms in total. The number of para-hydroxylation sites is 1. The van der Waals surface area contributed by atoms with E-state index in [4.69, 9.17) is 11.6 Å². The fourth-order valence-corrected chi connectivity index (χ4v) is 0.935. The molecule has 0 radical (unpaired) electrons. The number of carbonyl (C=O) groups excluding carboxylic acids is 1. The van der Waals surface area contributed by atoms with Gasteiger partial charge in [0.2, 0.25) is 5.91 Å². The van der Waals surface area contributed by atoms with Crippen molar-refractivity contribution in [2.45, 2.75) is 6.92 Å². The lowest BCUT2D eigenvalue weighted by Gasteiger charge is -2.02. The molecule has 1 aromatic carbocycles. The molecule has 11 heavy (non-hydrogen) atoms. The SMILES string of the molecule is CC(=O)Nc1ccccc1Cl. The van der Waals surface area contributed by atoms with Gasteiger partial charge in [0.15, 0.2) is 0 Å². The molecular weight excluding hydrogens is 162 g/mol. The van der Waals surface area contributed by atoms with Crippen molar-refractivity contribution in [1.82, 2.24) is 0 Å². The van der Waals surface area contributed by atoms with Crippen LogP contribution in [0, 0.1) is 0 Å². The number of anilines is 1. The monoisotopic (exact) mass is 169 g/mol. The lowest BCUT2D eigenvalue weighted by molar-refractivity contribution is -0.114. The zero-order valence-electron chi connectivity index (χ0n) is 6.10. The highest BCUT2D eigenvalue weighted by Gasteiger charge is 1.98. The first-order valence-corrected chi connectivity index (χ1v) is 3.60. The van der Waals surface area contributed by atoms with Crippen molar-refractivity contribution in [2.24, 2.45) is 0 Å². The summed E-state index contributed by atoms with van der Waals surface area (Å²) in [6, 6.07) is 7.11. The van der Waals surface area contributed by atoms with Gasteiger partial charge in [0.05, 0.1) is 10.7 Å². The van der Waals surface area contributed by atoms with E-state index in [-0.39, 0.29) is 5.91 Å². The summed E-state index contributed by atoms with van der Waals surface area (Å²) in [5.74, 6) is -0.113. The van der Waals surface area contributed by atoms with Gasteiger partial charge in [0, 0.05) is 6.92 Å². The second-order valence-electron chi connectivity index (χ2n) is 2.16. The van der Waals surface area contributed by atoms with Gasteiger partial charge in [-0.3, -0.25) is 4.79 Å². The molecule has 0 spiro atoms. The molecule has 0 aliphatic heterocycles. The first-order valence-electron chi connectivity index (χ1n) is 3.22. The lowest BCUT2D eigenvalue weighted by atomic mass is 10.3. The lowest BCUT2D eigenvalue weighted by Crippen LogP contribution is -2.05. The summed E-state index contributed by atoms with van der Waals surface area (Å²) in [6.45, 7) is 1.45. The molecule has 0 aliphatic rings. The Balaban J connectivity index is 2.86. The molecule has 0 aromatic heterocycles. The first kappa shape index (κ1) is 8.08. The Morgan fingerprint density at radius 2 is 2.09 bits per heavy atom. The molecule has 0 bridgehead atoms. The second kappa shape index (κ2) is 3.39. The zero-order chi connectivity index (χ0) is 8.27. The molecule has 58 valence electrons. The van der Waals surface area contributed by atoms with Crippen LogP contribution < -0.4 is 5.32 Å². The van der Waals surface area contributed by atoms with Crippen LogP contribution in [0.3, 0.4) is 0 Å². The minimum absolute atomic E-state index is 0.113. The Kier molecular flexibility index (Phi) is 2.49. The summed E-state index contributed by atoms with van der Waals surface area (Å²) in [4.78, 5) is 10.6. The normalized spacial score (nSPS) is 9.27. The summed E-state index contributed by atoms with van der Waals surface area (Å²) in [5.41, 5.74) is 0.654. The zero-order valence-corrected chi connectivity index (χ0v) is 6.85. The second-order valence-corrected chi connectivity index (χ2v) is 2.57. The number of hydrogen-bond acceptors (Lipinski definition) is 1. The molecule has 1 N–H and O–H groups in total. The van der Waals surface area contributed by atoms with Crippen LogP contribution in [0.5, 0.6) is 0 Å². The van der Waals surface area contributed by atoms with Gasteiger partial charge in [-0.05, 0) is 12.1 Å². The van der Waals surface area contributed by atoms with E-state index >= 15 is 0 Å². The number of benzene rings is 1. The van der Waals surface area contributed by atoms with Gasteiger partial charge in [-0.25, -0.2) is 0 Å². The average Bonchev–Trinajstić information content (AvgIpc) is 1.93. The molecule has 0 fully saturated rings. The summed E-state index contributed by atoms with van der Waals surface area (Å²) < 4.78 is 0. The van der Waals surface area contributed by atoms with Gasteiger partial charge in [-0.2, -0.15) is 0 Å². The van der Waals surface area contributed by atoms with E-state index in [1.54, 1.807) is 12.1 Å². The molecule has 0 aliphatic carbocycles. The minimum Gasteiger partial charge on any atom is -0.325 e. The van der Waals surface area contributed by atoms with Gasteiger partial charge in [0.25, 0.3) is 0 Å². The smallest absolute Gasteiger partial charge is 0.221 e. The summed E-state index contributed by atoms with van der Waals surface area (Å²) in [5, 5.41) is 3.16. The highest BCUT2D eigenvalue weighted by Crippen LogP contribution is 2.19. The van der Waals surface area contributed by atoms with Gasteiger partial charge in [-0.1, -0.05) is 23.7 Å². The third-order valence-corrected chi connectivity index (χ3v) is 1.51. The summed E-state index contributed by atoms with van der Waals surface area (Å²) in [7, 11) is 0. The van der Waals surface area contributed by atoms with Crippen molar-refractivity contribution in [3.05, 3.63) is 29.3 Å². The van der Waals surface area contributed by atoms with Crippen molar-refractivity contribution < 1.29 is 4.79 Å². The Bertz CT molecular complexity index is 273. The molecular formula is C8H8ClNO. The standard InChI is InChI=1S/C8H8ClNO/c1-6(11)10-8-5-3-2-4-7(8)9/h2-5H,1H3,(H,10,11). The molecule has 1 aromatic rings. The summed E-state index contributed by atoms with van der Waals surface area (Å²) in [6.07, 6.45) is 0. The first-order chi connectivity index (χ1) is 5.20. The third kappa shape index (κ3) is 2.24. The number of halogens is 1. The van der Waals surface area contributed by atoms with E-state index in [0.717, 1.165) is 0 Å². The maximum Gasteiger partial charge on any atom is 0.221 e. The molecule has 0 saturated heterocycles. The summed E-state index contributed by atoms with van der Waals surface area (Å²) >= 11 is 5.75. The van der Waals surface area contributed by atoms with Crippen LogP contribution in [-0.4, -0.2) is 5.91 Å². The number of rotatable bonds is 1. The van der Waals surface area contributed by atoms with E-state index in [1.807, 2.05) is 12.1 Å². The number of hydrogen-bond donors (Lipinski definition) is 1. The quantitative estimate of drug-likeness (QED) is 0.687. The number of carbonyl (C=O) groups is 1. The van der Waals surface area contributed by atoms with Crippen molar-refractivity contribution in [3.8, 4) is 0 Å². The van der Waals surface area contributed by atoms with E-state index in [0.29, 0.717) is 10.7 Å². The molecule has 1 rings (SSSR count). The average molecular weight is 170 g/mol. The van der Waals surface area contributed by atoms with Crippen molar-refractivity contribution in [3.63, 3.8) is 0 Å². The van der Waals surface area contributed by atoms with E-state index in [2.05, 4.69) is 5.32 Å². The molecule has 0 unspecified atom stereocenters. The maximum atomic E-state index is 10.6. The Morgan fingerprint density at radius 3 is 2.64 bits per heavy atom. The van der Waals surface area contributed by atoms with Crippen LogP contribution >= 0.6 is 11.6 Å². The Hall–Kier alpha value is -1.02. The van der Waals surface area contributed by atoms with Crippen LogP contribution in [0.15, 0.2) is 24.3 Å². The van der Waals surface area contributed by atoms with Crippen LogP contribution in [0.25, 0.3) is 0 Å². The van der Waals surface area contributed by atoms with Crippen LogP contribution in [-0.2, 0) is 4.79 Å². The van der Waals surface area contributed by atoms with Gasteiger partial charge in [0.1, 0.15) is 0 Å². The highest BCUT2D eigenvalue weighted by molar-refractivity contribution is 6.33.